The molecule has 2 fully saturated rings. The van der Waals surface area contributed by atoms with Gasteiger partial charge in [0.15, 0.2) is 12.6 Å². The van der Waals surface area contributed by atoms with E-state index in [4.69, 9.17) is 19.3 Å². The maximum absolute atomic E-state index is 9.94. The number of aliphatic hydroxyl groups is 8. The minimum Gasteiger partial charge on any atom is -1.00 e. The molecule has 0 saturated carbocycles. The Morgan fingerprint density at radius 1 is 0.654 bits per heavy atom. The average molecular weight is 453 g/mol. The standard InChI is InChI=1S/C12H22O11.Ca.2ClH/c13-1-3-5(15)6(16)9(19)12(22-3)23-10-4(2-14)21-11(20)8(18)7(10)17;;;/h3-20H,1-2H2;;2*1H/q;+2;;/p-2/t3-,4-,5+,6+,7-,8-,9-,10-,11-,12+;;;/m1.../s1. The molecule has 2 heterocycles. The first-order valence-electron chi connectivity index (χ1n) is 7.08. The van der Waals surface area contributed by atoms with Crippen LogP contribution in [0.5, 0.6) is 0 Å². The van der Waals surface area contributed by atoms with E-state index in [1.165, 1.54) is 0 Å². The Bertz CT molecular complexity index is 394. The Hall–Kier alpha value is 1.40. The van der Waals surface area contributed by atoms with Crippen molar-refractivity contribution in [2.75, 3.05) is 13.2 Å². The molecule has 2 saturated heterocycles. The third-order valence-electron chi connectivity index (χ3n) is 3.98. The van der Waals surface area contributed by atoms with Gasteiger partial charge in [-0.05, 0) is 0 Å². The molecule has 2 aliphatic rings. The summed E-state index contributed by atoms with van der Waals surface area (Å²) in [7, 11) is 0. The van der Waals surface area contributed by atoms with Crippen molar-refractivity contribution in [3.05, 3.63) is 0 Å². The van der Waals surface area contributed by atoms with E-state index in [2.05, 4.69) is 0 Å². The Kier molecular flexibility index (Phi) is 14.6. The fraction of sp³-hybridized carbons (Fsp3) is 1.00. The van der Waals surface area contributed by atoms with Crippen molar-refractivity contribution in [2.24, 2.45) is 0 Å². The quantitative estimate of drug-likeness (QED) is 0.189. The van der Waals surface area contributed by atoms with Crippen molar-refractivity contribution in [1.82, 2.24) is 0 Å². The van der Waals surface area contributed by atoms with Crippen LogP contribution in [0.15, 0.2) is 0 Å². The number of hydrogen-bond donors (Lipinski definition) is 8. The van der Waals surface area contributed by atoms with E-state index in [9.17, 15) is 35.7 Å². The van der Waals surface area contributed by atoms with Crippen LogP contribution in [-0.2, 0) is 14.2 Å². The predicted molar refractivity (Wildman–Crippen MR) is 74.4 cm³/mol. The molecule has 8 N–H and O–H groups in total. The summed E-state index contributed by atoms with van der Waals surface area (Å²) in [5.41, 5.74) is 0. The van der Waals surface area contributed by atoms with E-state index in [1.54, 1.807) is 0 Å². The molecule has 10 atom stereocenters. The summed E-state index contributed by atoms with van der Waals surface area (Å²) in [6.45, 7) is -1.35. The molecule has 0 spiro atoms. The van der Waals surface area contributed by atoms with E-state index in [0.717, 1.165) is 0 Å². The van der Waals surface area contributed by atoms with E-state index in [1.807, 2.05) is 0 Å². The fourth-order valence-corrected chi connectivity index (χ4v) is 2.57. The van der Waals surface area contributed by atoms with Crippen LogP contribution in [0.2, 0.25) is 0 Å². The molecule has 2 rings (SSSR count). The third kappa shape index (κ3) is 6.20. The van der Waals surface area contributed by atoms with Crippen LogP contribution >= 0.6 is 0 Å². The molecule has 0 bridgehead atoms. The number of aliphatic hydroxyl groups excluding tert-OH is 8. The fourth-order valence-electron chi connectivity index (χ4n) is 2.57. The van der Waals surface area contributed by atoms with Gasteiger partial charge < -0.3 is 79.9 Å². The summed E-state index contributed by atoms with van der Waals surface area (Å²) < 4.78 is 15.3. The molecule has 0 unspecified atom stereocenters. The van der Waals surface area contributed by atoms with Crippen LogP contribution in [0.4, 0.5) is 0 Å². The predicted octanol–water partition coefficient (Wildman–Crippen LogP) is -11.8. The monoisotopic (exact) mass is 452 g/mol. The van der Waals surface area contributed by atoms with Crippen LogP contribution in [0.1, 0.15) is 0 Å². The topological polar surface area (TPSA) is 190 Å². The van der Waals surface area contributed by atoms with Gasteiger partial charge in [0.2, 0.25) is 0 Å². The smallest absolute Gasteiger partial charge is 1.00 e. The van der Waals surface area contributed by atoms with Crippen LogP contribution in [0, 0.1) is 0 Å². The second-order valence-electron chi connectivity index (χ2n) is 5.53. The molecule has 14 heteroatoms. The van der Waals surface area contributed by atoms with Crippen LogP contribution in [-0.4, -0.2) is 153 Å². The molecule has 0 amide bonds. The third-order valence-corrected chi connectivity index (χ3v) is 3.98. The molecule has 0 aromatic rings. The van der Waals surface area contributed by atoms with Crippen molar-refractivity contribution >= 4 is 37.7 Å². The van der Waals surface area contributed by atoms with Gasteiger partial charge in [-0.25, -0.2) is 0 Å². The summed E-state index contributed by atoms with van der Waals surface area (Å²) in [5, 5.41) is 76.5. The summed E-state index contributed by atoms with van der Waals surface area (Å²) in [4.78, 5) is 0. The normalized spacial score (nSPS) is 45.7. The van der Waals surface area contributed by atoms with Gasteiger partial charge in [0.1, 0.15) is 48.8 Å². The van der Waals surface area contributed by atoms with Crippen LogP contribution in [0.3, 0.4) is 0 Å². The largest absolute Gasteiger partial charge is 2.00 e. The Morgan fingerprint density at radius 3 is 1.69 bits per heavy atom. The zero-order chi connectivity index (χ0) is 17.3. The molecule has 0 radical (unpaired) electrons. The molecule has 11 nitrogen and oxygen atoms in total. The van der Waals surface area contributed by atoms with Gasteiger partial charge in [0.25, 0.3) is 0 Å². The zero-order valence-electron chi connectivity index (χ0n) is 13.5. The van der Waals surface area contributed by atoms with Gasteiger partial charge in [-0.15, -0.1) is 0 Å². The van der Waals surface area contributed by atoms with Gasteiger partial charge in [-0.2, -0.15) is 0 Å². The van der Waals surface area contributed by atoms with E-state index < -0.39 is 74.6 Å². The minimum absolute atomic E-state index is 0. The first-order valence-corrected chi connectivity index (χ1v) is 7.08. The Morgan fingerprint density at radius 2 is 1.19 bits per heavy atom. The molecule has 26 heavy (non-hydrogen) atoms. The molecule has 152 valence electrons. The zero-order valence-corrected chi connectivity index (χ0v) is 17.2. The Labute approximate surface area is 191 Å². The maximum atomic E-state index is 9.94. The van der Waals surface area contributed by atoms with E-state index in [0.29, 0.717) is 0 Å². The van der Waals surface area contributed by atoms with E-state index in [-0.39, 0.29) is 62.6 Å². The summed E-state index contributed by atoms with van der Waals surface area (Å²) in [5.74, 6) is 0. The number of ether oxygens (including phenoxy) is 3. The van der Waals surface area contributed by atoms with Gasteiger partial charge in [0, 0.05) is 0 Å². The van der Waals surface area contributed by atoms with E-state index >= 15 is 0 Å². The van der Waals surface area contributed by atoms with Crippen LogP contribution < -0.4 is 24.8 Å². The average Bonchev–Trinajstić information content (AvgIpc) is 2.55. The number of hydrogen-bond acceptors (Lipinski definition) is 11. The summed E-state index contributed by atoms with van der Waals surface area (Å²) in [6.07, 6.45) is -15.6. The number of halogens is 2. The van der Waals surface area contributed by atoms with Gasteiger partial charge >= 0.3 is 37.7 Å². The maximum Gasteiger partial charge on any atom is 2.00 e. The Balaban J connectivity index is 0. The summed E-state index contributed by atoms with van der Waals surface area (Å²) >= 11 is 0. The second-order valence-corrected chi connectivity index (χ2v) is 5.53. The number of rotatable bonds is 4. The molecule has 0 aliphatic carbocycles. The molecule has 0 aromatic heterocycles. The second kappa shape index (κ2) is 12.9. The SMILES string of the molecule is OC[C@H]1O[C@@H](O[C@H]2[C@H](O)[C@@H](O)[C@H](O)O[C@@H]2CO)[C@H](O)[C@@H](O)[C@H]1O.[Ca+2].[Cl-].[Cl-]. The van der Waals surface area contributed by atoms with Crippen LogP contribution in [0.25, 0.3) is 0 Å². The minimum atomic E-state index is -1.74. The molecule has 2 aliphatic heterocycles. The van der Waals surface area contributed by atoms with Gasteiger partial charge in [-0.1, -0.05) is 0 Å². The van der Waals surface area contributed by atoms with Crippen molar-refractivity contribution in [1.29, 1.82) is 0 Å². The first kappa shape index (κ1) is 29.6. The molecular formula is C12H22CaCl2O11. The van der Waals surface area contributed by atoms with Crippen molar-refractivity contribution in [3.8, 4) is 0 Å². The first-order chi connectivity index (χ1) is 10.8. The molecule has 0 aromatic carbocycles. The van der Waals surface area contributed by atoms with Gasteiger partial charge in [-0.3, -0.25) is 0 Å². The van der Waals surface area contributed by atoms with Crippen molar-refractivity contribution in [3.63, 3.8) is 0 Å². The molecular weight excluding hydrogens is 431 g/mol. The summed E-state index contributed by atoms with van der Waals surface area (Å²) in [6, 6.07) is 0. The van der Waals surface area contributed by atoms with Crippen molar-refractivity contribution < 1.29 is 79.9 Å². The van der Waals surface area contributed by atoms with Gasteiger partial charge in [0.05, 0.1) is 13.2 Å². The van der Waals surface area contributed by atoms with Crippen molar-refractivity contribution in [2.45, 2.75) is 61.4 Å².